The molecule has 1 fully saturated rings. The first-order chi connectivity index (χ1) is 9.69. The summed E-state index contributed by atoms with van der Waals surface area (Å²) in [6.45, 7) is 15.3. The van der Waals surface area contributed by atoms with Crippen LogP contribution in [0.2, 0.25) is 0 Å². The van der Waals surface area contributed by atoms with Crippen LogP contribution >= 0.6 is 0 Å². The van der Waals surface area contributed by atoms with E-state index in [4.69, 9.17) is 0 Å². The third kappa shape index (κ3) is 4.17. The summed E-state index contributed by atoms with van der Waals surface area (Å²) >= 11 is 0. The first-order valence-corrected chi connectivity index (χ1v) is 7.83. The van der Waals surface area contributed by atoms with Gasteiger partial charge in [0.25, 0.3) is 0 Å². The minimum absolute atomic E-state index is 0.127. The second-order valence-corrected chi connectivity index (χ2v) is 7.76. The molecule has 1 N–H and O–H groups in total. The first kappa shape index (κ1) is 16.2. The standard InChI is InChI=1S/C17H30N4/c1-16(2,3)19-11-14-7-8-18-12-15(14)21-10-9-20(6)17(4,5)13-21/h7-8,12,19H,9-11,13H2,1-6H3. The first-order valence-electron chi connectivity index (χ1n) is 7.83. The van der Waals surface area contributed by atoms with Gasteiger partial charge in [0.05, 0.1) is 11.9 Å². The van der Waals surface area contributed by atoms with Crippen LogP contribution < -0.4 is 10.2 Å². The summed E-state index contributed by atoms with van der Waals surface area (Å²) in [5.74, 6) is 0. The van der Waals surface area contributed by atoms with Crippen LogP contribution in [0.15, 0.2) is 18.5 Å². The van der Waals surface area contributed by atoms with Crippen molar-refractivity contribution in [1.82, 2.24) is 15.2 Å². The number of pyridine rings is 1. The molecule has 0 radical (unpaired) electrons. The number of nitrogens with zero attached hydrogens (tertiary/aromatic N) is 3. The van der Waals surface area contributed by atoms with Crippen LogP contribution in [-0.4, -0.2) is 47.6 Å². The number of nitrogens with one attached hydrogen (secondary N) is 1. The van der Waals surface area contributed by atoms with E-state index in [1.807, 2.05) is 12.4 Å². The van der Waals surface area contributed by atoms with E-state index in [-0.39, 0.29) is 11.1 Å². The highest BCUT2D eigenvalue weighted by molar-refractivity contribution is 5.52. The van der Waals surface area contributed by atoms with Gasteiger partial charge < -0.3 is 10.2 Å². The Morgan fingerprint density at radius 3 is 2.62 bits per heavy atom. The average Bonchev–Trinajstić information content (AvgIpc) is 2.39. The predicted molar refractivity (Wildman–Crippen MR) is 89.8 cm³/mol. The summed E-state index contributed by atoms with van der Waals surface area (Å²) in [7, 11) is 2.21. The van der Waals surface area contributed by atoms with Crippen molar-refractivity contribution in [2.24, 2.45) is 0 Å². The van der Waals surface area contributed by atoms with Crippen LogP contribution in [0.25, 0.3) is 0 Å². The third-order valence-electron chi connectivity index (χ3n) is 4.35. The van der Waals surface area contributed by atoms with Crippen molar-refractivity contribution in [2.45, 2.75) is 52.2 Å². The molecule has 1 saturated heterocycles. The highest BCUT2D eigenvalue weighted by Gasteiger charge is 2.31. The third-order valence-corrected chi connectivity index (χ3v) is 4.35. The number of piperazine rings is 1. The summed E-state index contributed by atoms with van der Waals surface area (Å²) in [6, 6.07) is 2.14. The van der Waals surface area contributed by atoms with Gasteiger partial charge in [0.15, 0.2) is 0 Å². The largest absolute Gasteiger partial charge is 0.367 e. The summed E-state index contributed by atoms with van der Waals surface area (Å²) in [5.41, 5.74) is 2.93. The molecule has 0 aliphatic carbocycles. The number of hydrogen-bond acceptors (Lipinski definition) is 4. The number of rotatable bonds is 3. The van der Waals surface area contributed by atoms with Crippen LogP contribution in [0.3, 0.4) is 0 Å². The minimum atomic E-state index is 0.127. The van der Waals surface area contributed by atoms with Crippen LogP contribution in [0.4, 0.5) is 5.69 Å². The molecule has 0 unspecified atom stereocenters. The molecule has 0 amide bonds. The average molecular weight is 290 g/mol. The normalized spacial score (nSPS) is 19.8. The quantitative estimate of drug-likeness (QED) is 0.927. The van der Waals surface area contributed by atoms with Gasteiger partial charge in [-0.3, -0.25) is 9.88 Å². The molecule has 1 aromatic heterocycles. The Bertz CT molecular complexity index is 476. The second kappa shape index (κ2) is 5.93. The van der Waals surface area contributed by atoms with Gasteiger partial charge in [0.2, 0.25) is 0 Å². The Labute approximate surface area is 129 Å². The lowest BCUT2D eigenvalue weighted by atomic mass is 9.98. The molecule has 0 bridgehead atoms. The second-order valence-electron chi connectivity index (χ2n) is 7.76. The fourth-order valence-corrected chi connectivity index (χ4v) is 2.66. The fraction of sp³-hybridized carbons (Fsp3) is 0.706. The van der Waals surface area contributed by atoms with Crippen LogP contribution in [0.5, 0.6) is 0 Å². The Kier molecular flexibility index (Phi) is 4.59. The van der Waals surface area contributed by atoms with Crippen LogP contribution in [0.1, 0.15) is 40.2 Å². The molecule has 4 nitrogen and oxygen atoms in total. The van der Waals surface area contributed by atoms with Crippen molar-refractivity contribution in [3.63, 3.8) is 0 Å². The van der Waals surface area contributed by atoms with Gasteiger partial charge in [-0.05, 0) is 53.3 Å². The Hall–Kier alpha value is -1.13. The fourth-order valence-electron chi connectivity index (χ4n) is 2.66. The molecule has 1 aromatic rings. The van der Waals surface area contributed by atoms with Crippen molar-refractivity contribution in [3.05, 3.63) is 24.0 Å². The maximum absolute atomic E-state index is 4.35. The molecule has 0 spiro atoms. The van der Waals surface area contributed by atoms with Crippen LogP contribution in [0, 0.1) is 0 Å². The molecule has 1 aliphatic rings. The van der Waals surface area contributed by atoms with Gasteiger partial charge in [-0.25, -0.2) is 0 Å². The van der Waals surface area contributed by atoms with E-state index in [0.29, 0.717) is 0 Å². The Morgan fingerprint density at radius 2 is 2.00 bits per heavy atom. The topological polar surface area (TPSA) is 31.4 Å². The molecule has 118 valence electrons. The van der Waals surface area contributed by atoms with Crippen molar-refractivity contribution < 1.29 is 0 Å². The summed E-state index contributed by atoms with van der Waals surface area (Å²) in [6.07, 6.45) is 3.91. The Balaban J connectivity index is 2.16. The smallest absolute Gasteiger partial charge is 0.0599 e. The maximum Gasteiger partial charge on any atom is 0.0599 e. The van der Waals surface area contributed by atoms with E-state index < -0.39 is 0 Å². The predicted octanol–water partition coefficient (Wildman–Crippen LogP) is 2.50. The van der Waals surface area contributed by atoms with Gasteiger partial charge in [-0.2, -0.15) is 0 Å². The van der Waals surface area contributed by atoms with Gasteiger partial charge in [0.1, 0.15) is 0 Å². The molecule has 21 heavy (non-hydrogen) atoms. The zero-order valence-electron chi connectivity index (χ0n) is 14.4. The van der Waals surface area contributed by atoms with E-state index in [1.54, 1.807) is 0 Å². The monoisotopic (exact) mass is 290 g/mol. The lowest BCUT2D eigenvalue weighted by Gasteiger charge is -2.46. The molecular weight excluding hydrogens is 260 g/mol. The van der Waals surface area contributed by atoms with Crippen molar-refractivity contribution in [1.29, 1.82) is 0 Å². The van der Waals surface area contributed by atoms with Gasteiger partial charge in [0, 0.05) is 43.5 Å². The molecule has 1 aliphatic heterocycles. The number of hydrogen-bond donors (Lipinski definition) is 1. The summed E-state index contributed by atoms with van der Waals surface area (Å²) in [4.78, 5) is 9.26. The van der Waals surface area contributed by atoms with Crippen molar-refractivity contribution in [2.75, 3.05) is 31.6 Å². The zero-order chi connectivity index (χ0) is 15.7. The van der Waals surface area contributed by atoms with E-state index in [1.165, 1.54) is 11.3 Å². The van der Waals surface area contributed by atoms with Gasteiger partial charge in [-0.1, -0.05) is 0 Å². The molecule has 0 atom stereocenters. The highest BCUT2D eigenvalue weighted by atomic mass is 15.3. The van der Waals surface area contributed by atoms with Gasteiger partial charge >= 0.3 is 0 Å². The zero-order valence-corrected chi connectivity index (χ0v) is 14.4. The lowest BCUT2D eigenvalue weighted by molar-refractivity contribution is 0.138. The van der Waals surface area contributed by atoms with E-state index in [0.717, 1.165) is 26.2 Å². The van der Waals surface area contributed by atoms with E-state index >= 15 is 0 Å². The Morgan fingerprint density at radius 1 is 1.29 bits per heavy atom. The SMILES string of the molecule is CN1CCN(c2cnccc2CNC(C)(C)C)CC1(C)C. The number of anilines is 1. The van der Waals surface area contributed by atoms with Crippen LogP contribution in [-0.2, 0) is 6.54 Å². The van der Waals surface area contributed by atoms with Crippen molar-refractivity contribution in [3.8, 4) is 0 Å². The molecular formula is C17H30N4. The van der Waals surface area contributed by atoms with E-state index in [9.17, 15) is 0 Å². The maximum atomic E-state index is 4.35. The minimum Gasteiger partial charge on any atom is -0.367 e. The molecule has 2 rings (SSSR count). The van der Waals surface area contributed by atoms with Crippen molar-refractivity contribution >= 4 is 5.69 Å². The highest BCUT2D eigenvalue weighted by Crippen LogP contribution is 2.26. The van der Waals surface area contributed by atoms with Gasteiger partial charge in [-0.15, -0.1) is 0 Å². The molecule has 0 aromatic carbocycles. The van der Waals surface area contributed by atoms with E-state index in [2.05, 4.69) is 67.8 Å². The summed E-state index contributed by atoms with van der Waals surface area (Å²) < 4.78 is 0. The lowest BCUT2D eigenvalue weighted by Crippen LogP contribution is -2.58. The molecule has 2 heterocycles. The molecule has 4 heteroatoms. The molecule has 0 saturated carbocycles. The number of aromatic nitrogens is 1. The summed E-state index contributed by atoms with van der Waals surface area (Å²) in [5, 5.41) is 3.58. The number of likely N-dealkylation sites (N-methyl/N-ethyl adjacent to an activating group) is 1.